The van der Waals surface area contributed by atoms with Gasteiger partial charge in [0, 0.05) is 13.6 Å². The molecule has 0 aliphatic heterocycles. The number of carbonyl (C=O) groups is 2. The maximum Gasteiger partial charge on any atom is 0.238 e. The molecule has 0 aromatic heterocycles. The van der Waals surface area contributed by atoms with Gasteiger partial charge < -0.3 is 15.0 Å². The molecule has 2 amide bonds. The number of hydrogen-bond acceptors (Lipinski definition) is 4. The summed E-state index contributed by atoms with van der Waals surface area (Å²) in [4.78, 5) is 28.8. The van der Waals surface area contributed by atoms with Gasteiger partial charge in [-0.3, -0.25) is 14.5 Å². The molecule has 0 radical (unpaired) electrons. The minimum atomic E-state index is -0.169. The van der Waals surface area contributed by atoms with E-state index in [0.29, 0.717) is 24.5 Å². The number of carbonyl (C=O) groups excluding carboxylic acids is 2. The van der Waals surface area contributed by atoms with Crippen LogP contribution in [0.2, 0.25) is 0 Å². The van der Waals surface area contributed by atoms with Gasteiger partial charge in [0.2, 0.25) is 11.8 Å². The van der Waals surface area contributed by atoms with E-state index in [-0.39, 0.29) is 24.9 Å². The first-order chi connectivity index (χ1) is 13.9. The molecule has 6 nitrogen and oxygen atoms in total. The third-order valence-electron chi connectivity index (χ3n) is 4.74. The number of methoxy groups -OCH3 is 1. The second-order valence-electron chi connectivity index (χ2n) is 7.14. The van der Waals surface area contributed by atoms with Gasteiger partial charge in [-0.1, -0.05) is 43.3 Å². The Bertz CT molecular complexity index is 823. The lowest BCUT2D eigenvalue weighted by molar-refractivity contribution is -0.132. The van der Waals surface area contributed by atoms with Crippen LogP contribution in [0.3, 0.4) is 0 Å². The van der Waals surface area contributed by atoms with Gasteiger partial charge >= 0.3 is 0 Å². The first kappa shape index (κ1) is 22.4. The number of likely N-dealkylation sites (N-methyl/N-ethyl adjacent to an activating group) is 1. The normalized spacial score (nSPS) is 10.7. The van der Waals surface area contributed by atoms with Crippen LogP contribution in [0, 0.1) is 6.92 Å². The van der Waals surface area contributed by atoms with Crippen molar-refractivity contribution in [2.75, 3.05) is 39.1 Å². The van der Waals surface area contributed by atoms with Crippen molar-refractivity contribution in [2.45, 2.75) is 26.8 Å². The summed E-state index contributed by atoms with van der Waals surface area (Å²) >= 11 is 0. The van der Waals surface area contributed by atoms with E-state index in [2.05, 4.69) is 5.32 Å². The molecule has 0 atom stereocenters. The molecule has 156 valence electrons. The van der Waals surface area contributed by atoms with Gasteiger partial charge in [0.25, 0.3) is 0 Å². The topological polar surface area (TPSA) is 61.9 Å². The monoisotopic (exact) mass is 397 g/mol. The second kappa shape index (κ2) is 11.2. The average Bonchev–Trinajstić information content (AvgIpc) is 2.70. The number of nitrogens with zero attached hydrogens (tertiary/aromatic N) is 2. The van der Waals surface area contributed by atoms with E-state index in [0.717, 1.165) is 17.5 Å². The van der Waals surface area contributed by atoms with E-state index in [1.807, 2.05) is 55.1 Å². The lowest BCUT2D eigenvalue weighted by atomic mass is 10.1. The third-order valence-corrected chi connectivity index (χ3v) is 4.74. The maximum atomic E-state index is 12.7. The summed E-state index contributed by atoms with van der Waals surface area (Å²) in [6.45, 7) is 5.65. The number of aryl methyl sites for hydroxylation is 1. The summed E-state index contributed by atoms with van der Waals surface area (Å²) < 4.78 is 5.27. The van der Waals surface area contributed by atoms with Crippen LogP contribution in [-0.4, -0.2) is 55.4 Å². The lowest BCUT2D eigenvalue weighted by Gasteiger charge is -2.25. The summed E-state index contributed by atoms with van der Waals surface area (Å²) in [5, 5.41) is 2.87. The molecule has 2 aromatic carbocycles. The quantitative estimate of drug-likeness (QED) is 0.668. The Morgan fingerprint density at radius 2 is 1.72 bits per heavy atom. The summed E-state index contributed by atoms with van der Waals surface area (Å²) in [6, 6.07) is 15.3. The molecule has 0 spiro atoms. The van der Waals surface area contributed by atoms with Crippen molar-refractivity contribution >= 4 is 17.5 Å². The molecule has 29 heavy (non-hydrogen) atoms. The number of anilines is 1. The molecule has 0 fully saturated rings. The number of nitrogens with one attached hydrogen (secondary N) is 1. The molecule has 0 saturated heterocycles. The van der Waals surface area contributed by atoms with Crippen LogP contribution in [-0.2, 0) is 16.1 Å². The van der Waals surface area contributed by atoms with Gasteiger partial charge in [-0.15, -0.1) is 0 Å². The van der Waals surface area contributed by atoms with Crippen LogP contribution in [0.25, 0.3) is 0 Å². The molecule has 6 heteroatoms. The second-order valence-corrected chi connectivity index (χ2v) is 7.14. The Hall–Kier alpha value is -2.86. The molecule has 0 unspecified atom stereocenters. The molecule has 1 N–H and O–H groups in total. The molecule has 0 bridgehead atoms. The predicted molar refractivity (Wildman–Crippen MR) is 116 cm³/mol. The Morgan fingerprint density at radius 1 is 1.03 bits per heavy atom. The van der Waals surface area contributed by atoms with Crippen molar-refractivity contribution in [3.05, 3.63) is 59.7 Å². The van der Waals surface area contributed by atoms with Crippen LogP contribution >= 0.6 is 0 Å². The lowest BCUT2D eigenvalue weighted by Crippen LogP contribution is -2.42. The van der Waals surface area contributed by atoms with Crippen LogP contribution in [0.15, 0.2) is 48.5 Å². The van der Waals surface area contributed by atoms with Crippen molar-refractivity contribution in [1.29, 1.82) is 0 Å². The fourth-order valence-electron chi connectivity index (χ4n) is 3.11. The number of hydrogen-bond donors (Lipinski definition) is 1. The van der Waals surface area contributed by atoms with Crippen molar-refractivity contribution in [1.82, 2.24) is 9.80 Å². The van der Waals surface area contributed by atoms with Crippen LogP contribution < -0.4 is 10.1 Å². The smallest absolute Gasteiger partial charge is 0.238 e. The summed E-state index contributed by atoms with van der Waals surface area (Å²) in [6.07, 6.45) is 0.858. The average molecular weight is 398 g/mol. The summed E-state index contributed by atoms with van der Waals surface area (Å²) in [5.41, 5.74) is 2.91. The number of para-hydroxylation sites is 2. The molecular formula is C23H31N3O3. The number of rotatable bonds is 10. The highest BCUT2D eigenvalue weighted by atomic mass is 16.5. The minimum absolute atomic E-state index is 0.00760. The van der Waals surface area contributed by atoms with E-state index in [1.54, 1.807) is 31.2 Å². The highest BCUT2D eigenvalue weighted by Gasteiger charge is 2.18. The Labute approximate surface area is 173 Å². The Kier molecular flexibility index (Phi) is 8.68. The molecule has 0 aliphatic rings. The van der Waals surface area contributed by atoms with Crippen molar-refractivity contribution in [3.8, 4) is 5.75 Å². The van der Waals surface area contributed by atoms with Crippen LogP contribution in [0.1, 0.15) is 24.5 Å². The van der Waals surface area contributed by atoms with Crippen LogP contribution in [0.4, 0.5) is 5.69 Å². The van der Waals surface area contributed by atoms with E-state index >= 15 is 0 Å². The Morgan fingerprint density at radius 3 is 2.41 bits per heavy atom. The molecular weight excluding hydrogens is 366 g/mol. The number of ether oxygens (including phenoxy) is 1. The standard InChI is InChI=1S/C23H31N3O3/c1-5-14-26(16-22(27)24-20-12-8-9-13-21(20)29-4)17-23(28)25(3)15-19-11-7-6-10-18(19)2/h6-13H,5,14-17H2,1-4H3,(H,24,27). The fraction of sp³-hybridized carbons (Fsp3) is 0.391. The molecule has 0 saturated carbocycles. The van der Waals surface area contributed by atoms with E-state index in [4.69, 9.17) is 4.74 Å². The van der Waals surface area contributed by atoms with Gasteiger partial charge in [0.05, 0.1) is 25.9 Å². The molecule has 2 rings (SSSR count). The van der Waals surface area contributed by atoms with Gasteiger partial charge in [-0.25, -0.2) is 0 Å². The number of amides is 2. The van der Waals surface area contributed by atoms with Gasteiger partial charge in [0.15, 0.2) is 0 Å². The maximum absolute atomic E-state index is 12.7. The van der Waals surface area contributed by atoms with Crippen LogP contribution in [0.5, 0.6) is 5.75 Å². The molecule has 0 aliphatic carbocycles. The zero-order chi connectivity index (χ0) is 21.2. The molecule has 2 aromatic rings. The predicted octanol–water partition coefficient (Wildman–Crippen LogP) is 3.31. The summed E-state index contributed by atoms with van der Waals surface area (Å²) in [5.74, 6) is 0.432. The van der Waals surface area contributed by atoms with E-state index < -0.39 is 0 Å². The highest BCUT2D eigenvalue weighted by molar-refractivity contribution is 5.94. The zero-order valence-corrected chi connectivity index (χ0v) is 17.8. The third kappa shape index (κ3) is 6.91. The van der Waals surface area contributed by atoms with Gasteiger partial charge in [0.1, 0.15) is 5.75 Å². The van der Waals surface area contributed by atoms with Gasteiger partial charge in [-0.05, 0) is 43.1 Å². The van der Waals surface area contributed by atoms with Crippen molar-refractivity contribution < 1.29 is 14.3 Å². The fourth-order valence-corrected chi connectivity index (χ4v) is 3.11. The zero-order valence-electron chi connectivity index (χ0n) is 17.8. The largest absolute Gasteiger partial charge is 0.495 e. The first-order valence-electron chi connectivity index (χ1n) is 9.88. The van der Waals surface area contributed by atoms with Crippen molar-refractivity contribution in [3.63, 3.8) is 0 Å². The molecule has 0 heterocycles. The first-order valence-corrected chi connectivity index (χ1v) is 9.88. The Balaban J connectivity index is 1.95. The number of benzene rings is 2. The summed E-state index contributed by atoms with van der Waals surface area (Å²) in [7, 11) is 3.37. The van der Waals surface area contributed by atoms with E-state index in [9.17, 15) is 9.59 Å². The van der Waals surface area contributed by atoms with Crippen molar-refractivity contribution in [2.24, 2.45) is 0 Å². The highest BCUT2D eigenvalue weighted by Crippen LogP contribution is 2.22. The van der Waals surface area contributed by atoms with E-state index in [1.165, 1.54) is 0 Å². The minimum Gasteiger partial charge on any atom is -0.495 e. The SMILES string of the molecule is CCCN(CC(=O)Nc1ccccc1OC)CC(=O)N(C)Cc1ccccc1C. The van der Waals surface area contributed by atoms with Gasteiger partial charge in [-0.2, -0.15) is 0 Å².